The summed E-state index contributed by atoms with van der Waals surface area (Å²) >= 11 is 8.66. The van der Waals surface area contributed by atoms with Crippen LogP contribution >= 0.6 is 34.7 Å². The fraction of sp³-hybridized carbons (Fsp3) is 0.211. The molecule has 27 heavy (non-hydrogen) atoms. The number of aryl methyl sites for hydroxylation is 1. The van der Waals surface area contributed by atoms with Crippen molar-refractivity contribution in [3.8, 4) is 11.5 Å². The highest BCUT2D eigenvalue weighted by Crippen LogP contribution is 2.25. The molecule has 0 saturated carbocycles. The van der Waals surface area contributed by atoms with Crippen LogP contribution in [-0.4, -0.2) is 33.3 Å². The molecule has 0 spiro atoms. The number of halogens is 1. The molecule has 0 saturated heterocycles. The van der Waals surface area contributed by atoms with Gasteiger partial charge in [-0.3, -0.25) is 4.79 Å². The molecule has 0 aliphatic heterocycles. The van der Waals surface area contributed by atoms with E-state index in [2.05, 4.69) is 16.8 Å². The lowest BCUT2D eigenvalue weighted by molar-refractivity contribution is -0.128. The molecule has 0 aliphatic rings. The van der Waals surface area contributed by atoms with E-state index in [1.54, 1.807) is 11.0 Å². The predicted octanol–water partition coefficient (Wildman–Crippen LogP) is 5.07. The second kappa shape index (κ2) is 9.21. The maximum absolute atomic E-state index is 12.6. The topological polar surface area (TPSA) is 59.2 Å². The fourth-order valence-electron chi connectivity index (χ4n) is 2.33. The molecule has 1 amide bonds. The van der Waals surface area contributed by atoms with Crippen molar-refractivity contribution in [1.29, 1.82) is 0 Å². The summed E-state index contributed by atoms with van der Waals surface area (Å²) in [5.41, 5.74) is 2.02. The van der Waals surface area contributed by atoms with Gasteiger partial charge in [0.05, 0.1) is 16.6 Å². The number of carbonyl (C=O) groups excluding carboxylic acids is 1. The van der Waals surface area contributed by atoms with Crippen LogP contribution in [0.2, 0.25) is 4.34 Å². The Morgan fingerprint density at radius 2 is 2.07 bits per heavy atom. The van der Waals surface area contributed by atoms with Crippen LogP contribution in [0.5, 0.6) is 0 Å². The Balaban J connectivity index is 1.60. The lowest BCUT2D eigenvalue weighted by Crippen LogP contribution is -2.31. The van der Waals surface area contributed by atoms with Gasteiger partial charge in [0, 0.05) is 17.0 Å². The minimum absolute atomic E-state index is 0.0282. The minimum atomic E-state index is -0.0282. The van der Waals surface area contributed by atoms with Crippen LogP contribution in [0.3, 0.4) is 0 Å². The Kier molecular flexibility index (Phi) is 6.71. The summed E-state index contributed by atoms with van der Waals surface area (Å²) in [5, 5.41) is 8.45. The molecule has 0 aliphatic carbocycles. The van der Waals surface area contributed by atoms with Gasteiger partial charge in [0.15, 0.2) is 0 Å². The number of hydrogen-bond donors (Lipinski definition) is 0. The third kappa shape index (κ3) is 5.45. The zero-order valence-electron chi connectivity index (χ0n) is 14.7. The molecule has 0 radical (unpaired) electrons. The number of thioether (sulfide) groups is 1. The van der Waals surface area contributed by atoms with E-state index in [0.29, 0.717) is 28.5 Å². The number of hydrogen-bond acceptors (Lipinski definition) is 6. The Labute approximate surface area is 171 Å². The van der Waals surface area contributed by atoms with Gasteiger partial charge >= 0.3 is 0 Å². The average molecular weight is 420 g/mol. The Hall–Kier alpha value is -2.09. The normalized spacial score (nSPS) is 10.7. The molecular weight excluding hydrogens is 402 g/mol. The summed E-state index contributed by atoms with van der Waals surface area (Å²) in [6.45, 7) is 6.71. The SMILES string of the molecule is C=CCN(Cc1ccc(Cl)s1)C(=O)CSc1nnc(-c2ccc(C)cc2)o1. The second-order valence-electron chi connectivity index (χ2n) is 5.80. The molecular formula is C19H18ClN3O2S2. The number of amides is 1. The third-order valence-electron chi connectivity index (χ3n) is 3.70. The van der Waals surface area contributed by atoms with E-state index in [9.17, 15) is 4.79 Å². The quantitative estimate of drug-likeness (QED) is 0.377. The van der Waals surface area contributed by atoms with Crippen molar-refractivity contribution in [2.45, 2.75) is 18.7 Å². The molecule has 0 atom stereocenters. The maximum Gasteiger partial charge on any atom is 0.277 e. The van der Waals surface area contributed by atoms with Gasteiger partial charge in [-0.2, -0.15) is 0 Å². The van der Waals surface area contributed by atoms with Crippen LogP contribution in [0.4, 0.5) is 0 Å². The van der Waals surface area contributed by atoms with Crippen molar-refractivity contribution in [2.24, 2.45) is 0 Å². The zero-order valence-corrected chi connectivity index (χ0v) is 17.1. The van der Waals surface area contributed by atoms with Gasteiger partial charge < -0.3 is 9.32 Å². The van der Waals surface area contributed by atoms with Gasteiger partial charge in [-0.15, -0.1) is 28.1 Å². The highest BCUT2D eigenvalue weighted by molar-refractivity contribution is 7.99. The Morgan fingerprint density at radius 1 is 1.30 bits per heavy atom. The highest BCUT2D eigenvalue weighted by Gasteiger charge is 2.16. The number of benzene rings is 1. The molecule has 3 rings (SSSR count). The van der Waals surface area contributed by atoms with Gasteiger partial charge in [0.2, 0.25) is 11.8 Å². The molecule has 0 N–H and O–H groups in total. The Morgan fingerprint density at radius 3 is 2.74 bits per heavy atom. The van der Waals surface area contributed by atoms with Crippen LogP contribution in [0.1, 0.15) is 10.4 Å². The average Bonchev–Trinajstić information content (AvgIpc) is 3.29. The van der Waals surface area contributed by atoms with E-state index in [1.807, 2.05) is 43.3 Å². The molecule has 0 fully saturated rings. The fourth-order valence-corrected chi connectivity index (χ4v) is 4.10. The largest absolute Gasteiger partial charge is 0.411 e. The summed E-state index contributed by atoms with van der Waals surface area (Å²) in [5.74, 6) is 0.628. The van der Waals surface area contributed by atoms with E-state index >= 15 is 0 Å². The Bertz CT molecular complexity index is 921. The van der Waals surface area contributed by atoms with E-state index in [-0.39, 0.29) is 11.7 Å². The van der Waals surface area contributed by atoms with E-state index < -0.39 is 0 Å². The second-order valence-corrected chi connectivity index (χ2v) is 8.52. The molecule has 2 heterocycles. The van der Waals surface area contributed by atoms with Crippen molar-refractivity contribution in [2.75, 3.05) is 12.3 Å². The molecule has 3 aromatic rings. The molecule has 0 unspecified atom stereocenters. The summed E-state index contributed by atoms with van der Waals surface area (Å²) < 4.78 is 6.36. The first-order valence-corrected chi connectivity index (χ1v) is 10.4. The monoisotopic (exact) mass is 419 g/mol. The molecule has 0 bridgehead atoms. The lowest BCUT2D eigenvalue weighted by Gasteiger charge is -2.19. The summed E-state index contributed by atoms with van der Waals surface area (Å²) in [6.07, 6.45) is 1.71. The van der Waals surface area contributed by atoms with Gasteiger partial charge in [0.1, 0.15) is 0 Å². The van der Waals surface area contributed by atoms with Crippen molar-refractivity contribution in [3.05, 3.63) is 63.8 Å². The van der Waals surface area contributed by atoms with Crippen LogP contribution in [-0.2, 0) is 11.3 Å². The number of aromatic nitrogens is 2. The smallest absolute Gasteiger partial charge is 0.277 e. The molecule has 5 nitrogen and oxygen atoms in total. The number of thiophene rings is 1. The van der Waals surface area contributed by atoms with Gasteiger partial charge in [-0.25, -0.2) is 0 Å². The van der Waals surface area contributed by atoms with Gasteiger partial charge in [-0.05, 0) is 31.2 Å². The van der Waals surface area contributed by atoms with Gasteiger partial charge in [-0.1, -0.05) is 47.1 Å². The molecule has 1 aromatic carbocycles. The number of carbonyl (C=O) groups is 1. The zero-order chi connectivity index (χ0) is 19.2. The summed E-state index contributed by atoms with van der Waals surface area (Å²) in [7, 11) is 0. The standard InChI is InChI=1S/C19H18ClN3O2S2/c1-3-10-23(11-15-8-9-16(20)27-15)17(24)12-26-19-22-21-18(25-19)14-6-4-13(2)5-7-14/h3-9H,1,10-12H2,2H3. The van der Waals surface area contributed by atoms with Crippen LogP contribution < -0.4 is 0 Å². The summed E-state index contributed by atoms with van der Waals surface area (Å²) in [6, 6.07) is 11.6. The predicted molar refractivity (Wildman–Crippen MR) is 110 cm³/mol. The van der Waals surface area contributed by atoms with Crippen molar-refractivity contribution >= 4 is 40.6 Å². The third-order valence-corrected chi connectivity index (χ3v) is 5.72. The van der Waals surface area contributed by atoms with Crippen LogP contribution in [0, 0.1) is 6.92 Å². The molecule has 2 aromatic heterocycles. The first-order chi connectivity index (χ1) is 13.0. The van der Waals surface area contributed by atoms with Crippen molar-refractivity contribution < 1.29 is 9.21 Å². The maximum atomic E-state index is 12.6. The van der Waals surface area contributed by atoms with E-state index in [1.165, 1.54) is 23.1 Å². The number of nitrogens with zero attached hydrogens (tertiary/aromatic N) is 3. The van der Waals surface area contributed by atoms with Crippen LogP contribution in [0.25, 0.3) is 11.5 Å². The summed E-state index contributed by atoms with van der Waals surface area (Å²) in [4.78, 5) is 15.3. The van der Waals surface area contributed by atoms with Crippen molar-refractivity contribution in [1.82, 2.24) is 15.1 Å². The first-order valence-electron chi connectivity index (χ1n) is 8.21. The van der Waals surface area contributed by atoms with Crippen LogP contribution in [0.15, 0.2) is 58.7 Å². The molecule has 8 heteroatoms. The molecule has 140 valence electrons. The minimum Gasteiger partial charge on any atom is -0.411 e. The highest BCUT2D eigenvalue weighted by atomic mass is 35.5. The van der Waals surface area contributed by atoms with E-state index in [4.69, 9.17) is 16.0 Å². The van der Waals surface area contributed by atoms with Crippen molar-refractivity contribution in [3.63, 3.8) is 0 Å². The van der Waals surface area contributed by atoms with Gasteiger partial charge in [0.25, 0.3) is 5.22 Å². The number of rotatable bonds is 8. The first kappa shape index (κ1) is 19.7. The lowest BCUT2D eigenvalue weighted by atomic mass is 10.1. The van der Waals surface area contributed by atoms with E-state index in [0.717, 1.165) is 16.0 Å².